The number of nitrogens with one attached hydrogen (secondary N) is 1. The molecule has 9 heteroatoms. The molecule has 1 aromatic heterocycles. The topological polar surface area (TPSA) is 85.4 Å². The van der Waals surface area contributed by atoms with Gasteiger partial charge >= 0.3 is 5.97 Å². The van der Waals surface area contributed by atoms with E-state index in [9.17, 15) is 13.2 Å². The molecule has 0 aliphatic heterocycles. The van der Waals surface area contributed by atoms with Gasteiger partial charge < -0.3 is 4.74 Å². The van der Waals surface area contributed by atoms with Gasteiger partial charge in [-0.15, -0.1) is 0 Å². The molecule has 6 nitrogen and oxygen atoms in total. The van der Waals surface area contributed by atoms with Crippen LogP contribution in [0, 0.1) is 0 Å². The van der Waals surface area contributed by atoms with Gasteiger partial charge in [-0.1, -0.05) is 54.7 Å². The number of hydrogen-bond acceptors (Lipinski definition) is 5. The third-order valence-corrected chi connectivity index (χ3v) is 5.96. The summed E-state index contributed by atoms with van der Waals surface area (Å²) in [6.45, 7) is 2.22. The summed E-state index contributed by atoms with van der Waals surface area (Å²) in [6.07, 6.45) is 1.58. The van der Waals surface area contributed by atoms with Crippen molar-refractivity contribution in [3.05, 3.63) is 64.3 Å². The third-order valence-electron chi connectivity index (χ3n) is 4.06. The number of unbranched alkanes of at least 4 members (excludes halogenated alkanes) is 1. The van der Waals surface area contributed by atoms with E-state index in [1.54, 1.807) is 18.2 Å². The summed E-state index contributed by atoms with van der Waals surface area (Å²) in [6, 6.07) is 12.2. The predicted octanol–water partition coefficient (Wildman–Crippen LogP) is 5.30. The largest absolute Gasteiger partial charge is 0.461 e. The van der Waals surface area contributed by atoms with Crippen LogP contribution in [0.15, 0.2) is 53.4 Å². The average Bonchev–Trinajstić information content (AvgIpc) is 2.67. The maximum atomic E-state index is 12.8. The van der Waals surface area contributed by atoms with Gasteiger partial charge in [0, 0.05) is 10.4 Å². The van der Waals surface area contributed by atoms with Gasteiger partial charge in [-0.25, -0.2) is 18.2 Å². The van der Waals surface area contributed by atoms with Gasteiger partial charge in [-0.05, 0) is 36.8 Å². The van der Waals surface area contributed by atoms with Crippen LogP contribution in [0.5, 0.6) is 0 Å². The second-order valence-electron chi connectivity index (χ2n) is 6.24. The molecule has 0 saturated heterocycles. The Bertz CT molecular complexity index is 1150. The molecule has 3 rings (SSSR count). The number of anilines is 1. The average molecular weight is 453 g/mol. The molecule has 3 aromatic rings. The highest BCUT2D eigenvalue weighted by Gasteiger charge is 2.20. The number of pyridine rings is 1. The Morgan fingerprint density at radius 2 is 1.86 bits per heavy atom. The van der Waals surface area contributed by atoms with Crippen LogP contribution in [0.2, 0.25) is 10.0 Å². The van der Waals surface area contributed by atoms with E-state index in [1.165, 1.54) is 30.3 Å². The summed E-state index contributed by atoms with van der Waals surface area (Å²) < 4.78 is 33.3. The lowest BCUT2D eigenvalue weighted by Crippen LogP contribution is -2.15. The minimum Gasteiger partial charge on any atom is -0.461 e. The van der Waals surface area contributed by atoms with Crippen molar-refractivity contribution >= 4 is 55.8 Å². The molecule has 1 heterocycles. The molecule has 29 heavy (non-hydrogen) atoms. The van der Waals surface area contributed by atoms with E-state index in [2.05, 4.69) is 9.71 Å². The van der Waals surface area contributed by atoms with E-state index in [0.717, 1.165) is 6.42 Å². The monoisotopic (exact) mass is 452 g/mol. The summed E-state index contributed by atoms with van der Waals surface area (Å²) in [7, 11) is -3.92. The van der Waals surface area contributed by atoms with Crippen molar-refractivity contribution in [1.29, 1.82) is 0 Å². The first kappa shape index (κ1) is 21.4. The highest BCUT2D eigenvalue weighted by molar-refractivity contribution is 7.92. The van der Waals surface area contributed by atoms with Crippen LogP contribution >= 0.6 is 23.2 Å². The lowest BCUT2D eigenvalue weighted by atomic mass is 10.1. The fraction of sp³-hybridized carbons (Fsp3) is 0.200. The summed E-state index contributed by atoms with van der Waals surface area (Å²) >= 11 is 12.4. The van der Waals surface area contributed by atoms with Crippen LogP contribution in [0.1, 0.15) is 30.3 Å². The number of fused-ring (bicyclic) bond motifs is 1. The lowest BCUT2D eigenvalue weighted by Gasteiger charge is -2.14. The molecule has 0 radical (unpaired) electrons. The zero-order valence-electron chi connectivity index (χ0n) is 15.5. The standard InChI is InChI=1S/C20H18Cl2N2O4S/c1-2-3-9-28-20(25)18-12-17(19-15(22)10-13(21)11-16(19)23-18)24-29(26,27)14-7-5-4-6-8-14/h4-8,10-12H,2-3,9H2,1H3,(H,23,24). The maximum absolute atomic E-state index is 12.8. The normalized spacial score (nSPS) is 11.4. The summed E-state index contributed by atoms with van der Waals surface area (Å²) in [5.41, 5.74) is 0.346. The van der Waals surface area contributed by atoms with E-state index in [0.29, 0.717) is 16.8 Å². The van der Waals surface area contributed by atoms with Crippen molar-refractivity contribution in [1.82, 2.24) is 4.98 Å². The number of esters is 1. The molecule has 0 fully saturated rings. The van der Waals surface area contributed by atoms with E-state index in [1.807, 2.05) is 6.92 Å². The van der Waals surface area contributed by atoms with E-state index < -0.39 is 16.0 Å². The van der Waals surface area contributed by atoms with Crippen molar-refractivity contribution in [2.24, 2.45) is 0 Å². The van der Waals surface area contributed by atoms with Gasteiger partial charge in [0.15, 0.2) is 5.69 Å². The Labute approximate surface area is 178 Å². The number of benzene rings is 2. The first-order valence-electron chi connectivity index (χ1n) is 8.86. The van der Waals surface area contributed by atoms with Crippen molar-refractivity contribution in [3.63, 3.8) is 0 Å². The highest BCUT2D eigenvalue weighted by Crippen LogP contribution is 2.34. The van der Waals surface area contributed by atoms with Gasteiger partial charge in [0.2, 0.25) is 0 Å². The highest BCUT2D eigenvalue weighted by atomic mass is 35.5. The fourth-order valence-corrected chi connectivity index (χ4v) is 4.33. The van der Waals surface area contributed by atoms with E-state index in [4.69, 9.17) is 27.9 Å². The van der Waals surface area contributed by atoms with E-state index >= 15 is 0 Å². The van der Waals surface area contributed by atoms with Crippen LogP contribution < -0.4 is 4.72 Å². The molecular formula is C20H18Cl2N2O4S. The quantitative estimate of drug-likeness (QED) is 0.388. The molecule has 0 atom stereocenters. The molecule has 0 amide bonds. The molecule has 0 spiro atoms. The minimum atomic E-state index is -3.92. The number of halogens is 2. The van der Waals surface area contributed by atoms with Gasteiger partial charge in [0.05, 0.1) is 27.7 Å². The number of hydrogen-bond donors (Lipinski definition) is 1. The maximum Gasteiger partial charge on any atom is 0.357 e. The first-order valence-corrected chi connectivity index (χ1v) is 11.1. The van der Waals surface area contributed by atoms with Crippen molar-refractivity contribution in [3.8, 4) is 0 Å². The van der Waals surface area contributed by atoms with Crippen LogP contribution in [0.3, 0.4) is 0 Å². The number of carbonyl (C=O) groups excluding carboxylic acids is 1. The zero-order chi connectivity index (χ0) is 21.0. The van der Waals surface area contributed by atoms with Crippen LogP contribution in [-0.2, 0) is 14.8 Å². The molecule has 152 valence electrons. The number of rotatable bonds is 7. The molecule has 2 aromatic carbocycles. The first-order chi connectivity index (χ1) is 13.8. The Balaban J connectivity index is 2.10. The summed E-state index contributed by atoms with van der Waals surface area (Å²) in [4.78, 5) is 16.7. The molecule has 0 aliphatic rings. The number of aromatic nitrogens is 1. The minimum absolute atomic E-state index is 0.0438. The summed E-state index contributed by atoms with van der Waals surface area (Å²) in [5.74, 6) is -0.656. The number of nitrogens with zero attached hydrogens (tertiary/aromatic N) is 1. The number of sulfonamides is 1. The van der Waals surface area contributed by atoms with Gasteiger partial charge in [-0.2, -0.15) is 0 Å². The molecule has 1 N–H and O–H groups in total. The number of carbonyl (C=O) groups is 1. The second kappa shape index (κ2) is 8.98. The molecular weight excluding hydrogens is 435 g/mol. The Kier molecular flexibility index (Phi) is 6.62. The SMILES string of the molecule is CCCCOC(=O)c1cc(NS(=O)(=O)c2ccccc2)c2c(Cl)cc(Cl)cc2n1. The van der Waals surface area contributed by atoms with Crippen LogP contribution in [-0.4, -0.2) is 26.0 Å². The van der Waals surface area contributed by atoms with Gasteiger partial charge in [0.1, 0.15) is 0 Å². The smallest absolute Gasteiger partial charge is 0.357 e. The third kappa shape index (κ3) is 4.98. The van der Waals surface area contributed by atoms with Gasteiger partial charge in [-0.3, -0.25) is 4.72 Å². The molecule has 0 unspecified atom stereocenters. The van der Waals surface area contributed by atoms with Crippen molar-refractivity contribution in [2.75, 3.05) is 11.3 Å². The fourth-order valence-electron chi connectivity index (χ4n) is 2.66. The van der Waals surface area contributed by atoms with Crippen LogP contribution in [0.4, 0.5) is 5.69 Å². The molecule has 0 saturated carbocycles. The van der Waals surface area contributed by atoms with Crippen molar-refractivity contribution < 1.29 is 17.9 Å². The second-order valence-corrected chi connectivity index (χ2v) is 8.77. The summed E-state index contributed by atoms with van der Waals surface area (Å²) in [5, 5.41) is 0.848. The lowest BCUT2D eigenvalue weighted by molar-refractivity contribution is 0.0493. The molecule has 0 bridgehead atoms. The molecule has 0 aliphatic carbocycles. The Morgan fingerprint density at radius 3 is 2.55 bits per heavy atom. The number of ether oxygens (including phenoxy) is 1. The van der Waals surface area contributed by atoms with Crippen LogP contribution in [0.25, 0.3) is 10.9 Å². The Hall–Kier alpha value is -2.35. The van der Waals surface area contributed by atoms with Crippen molar-refractivity contribution in [2.45, 2.75) is 24.7 Å². The predicted molar refractivity (Wildman–Crippen MR) is 114 cm³/mol. The zero-order valence-corrected chi connectivity index (χ0v) is 17.8. The Morgan fingerprint density at radius 1 is 1.14 bits per heavy atom. The van der Waals surface area contributed by atoms with Gasteiger partial charge in [0.25, 0.3) is 10.0 Å². The van der Waals surface area contributed by atoms with E-state index in [-0.39, 0.29) is 33.4 Å².